The summed E-state index contributed by atoms with van der Waals surface area (Å²) >= 11 is 0. The normalized spacial score (nSPS) is 27.7. The van der Waals surface area contributed by atoms with Gasteiger partial charge in [-0.25, -0.2) is 0 Å². The fraction of sp³-hybridized carbons (Fsp3) is 0.429. The Morgan fingerprint density at radius 2 is 1.60 bits per heavy atom. The van der Waals surface area contributed by atoms with Crippen molar-refractivity contribution in [3.8, 4) is 0 Å². The Kier molecular flexibility index (Phi) is 6.29. The molecule has 0 spiro atoms. The molecule has 5 nitrogen and oxygen atoms in total. The summed E-state index contributed by atoms with van der Waals surface area (Å²) in [4.78, 5) is 0. The number of hydrogen-bond donors (Lipinski definition) is 1. The average molecular weight is 444 g/mol. The molecule has 0 aliphatic carbocycles. The van der Waals surface area contributed by atoms with Gasteiger partial charge < -0.3 is 9.22 Å². The number of likely N-dealkylation sites (tertiary alicyclic amines) is 1. The molecule has 4 atom stereocenters. The van der Waals surface area contributed by atoms with Crippen LogP contribution in [0.15, 0.2) is 54.6 Å². The van der Waals surface area contributed by atoms with Crippen molar-refractivity contribution in [1.82, 2.24) is 0 Å². The molecule has 0 aromatic heterocycles. The highest BCUT2D eigenvalue weighted by molar-refractivity contribution is 7.85. The summed E-state index contributed by atoms with van der Waals surface area (Å²) in [5.74, 6) is -1.29. The molecule has 1 fully saturated rings. The van der Waals surface area contributed by atoms with Crippen molar-refractivity contribution in [1.29, 1.82) is 0 Å². The second kappa shape index (κ2) is 8.30. The van der Waals surface area contributed by atoms with Crippen LogP contribution < -0.4 is 0 Å². The van der Waals surface area contributed by atoms with E-state index in [0.717, 1.165) is 17.7 Å². The van der Waals surface area contributed by atoms with E-state index in [1.54, 1.807) is 13.1 Å². The summed E-state index contributed by atoms with van der Waals surface area (Å²) in [6.07, 6.45) is -4.94. The lowest BCUT2D eigenvalue weighted by Gasteiger charge is -2.48. The van der Waals surface area contributed by atoms with Crippen LogP contribution in [-0.2, 0) is 21.0 Å². The fourth-order valence-corrected chi connectivity index (χ4v) is 5.57. The largest absolute Gasteiger partial charge is 0.416 e. The highest BCUT2D eigenvalue weighted by Crippen LogP contribution is 2.42. The van der Waals surface area contributed by atoms with Gasteiger partial charge in [0.15, 0.2) is 0 Å². The first-order chi connectivity index (χ1) is 13.9. The highest BCUT2D eigenvalue weighted by Gasteiger charge is 2.47. The summed E-state index contributed by atoms with van der Waals surface area (Å²) in [6.45, 7) is 0.570. The first kappa shape index (κ1) is 22.7. The van der Waals surface area contributed by atoms with Crippen molar-refractivity contribution in [3.63, 3.8) is 0 Å². The molecule has 1 N–H and O–H groups in total. The zero-order valence-corrected chi connectivity index (χ0v) is 17.5. The summed E-state index contributed by atoms with van der Waals surface area (Å²) in [7, 11) is -1.09. The van der Waals surface area contributed by atoms with E-state index in [-0.39, 0.29) is 16.9 Å². The molecular weight excluding hydrogens is 419 g/mol. The van der Waals surface area contributed by atoms with Gasteiger partial charge in [0.25, 0.3) is 0 Å². The number of rotatable bonds is 5. The van der Waals surface area contributed by atoms with Gasteiger partial charge in [-0.3, -0.25) is 4.55 Å². The third kappa shape index (κ3) is 5.21. The standard InChI is InChI=1S/C21H24F3NO4S/c1-25(14-30(26,27)28)12-18(15-7-4-3-5-8-15)20(29-2)19(13-25)16-9-6-10-17(11-16)21(22,23)24/h3-11,18-20H,12-14H2,1-2H3/p+1. The van der Waals surface area contributed by atoms with E-state index >= 15 is 0 Å². The minimum Gasteiger partial charge on any atom is -0.380 e. The number of quaternary nitrogens is 1. The number of alkyl halides is 3. The Labute approximate surface area is 174 Å². The van der Waals surface area contributed by atoms with Gasteiger partial charge in [-0.2, -0.15) is 21.6 Å². The Balaban J connectivity index is 2.09. The molecule has 9 heteroatoms. The second-order valence-corrected chi connectivity index (χ2v) is 9.56. The van der Waals surface area contributed by atoms with Crippen molar-refractivity contribution in [3.05, 3.63) is 71.3 Å². The van der Waals surface area contributed by atoms with E-state index in [2.05, 4.69) is 0 Å². The molecule has 0 saturated carbocycles. The van der Waals surface area contributed by atoms with Gasteiger partial charge >= 0.3 is 16.3 Å². The van der Waals surface area contributed by atoms with Crippen molar-refractivity contribution in [2.24, 2.45) is 0 Å². The fourth-order valence-electron chi connectivity index (χ4n) is 4.58. The third-order valence-electron chi connectivity index (χ3n) is 5.68. The minimum absolute atomic E-state index is 0.0425. The molecule has 0 bridgehead atoms. The number of hydrogen-bond acceptors (Lipinski definition) is 3. The second-order valence-electron chi connectivity index (χ2n) is 8.14. The number of methoxy groups -OCH3 is 1. The molecule has 1 aliphatic heterocycles. The summed E-state index contributed by atoms with van der Waals surface area (Å²) in [6, 6.07) is 14.4. The summed E-state index contributed by atoms with van der Waals surface area (Å²) in [5, 5.41) is 0. The van der Waals surface area contributed by atoms with E-state index in [1.807, 2.05) is 30.3 Å². The van der Waals surface area contributed by atoms with Gasteiger partial charge in [0.2, 0.25) is 5.88 Å². The number of piperidine rings is 1. The molecule has 164 valence electrons. The number of benzene rings is 2. The van der Waals surface area contributed by atoms with Crippen LogP contribution in [0.1, 0.15) is 28.5 Å². The molecule has 3 rings (SSSR count). The SMILES string of the molecule is COC1C(c2ccccc2)C[N+](C)(CS(=O)(=O)O)CC1c1cccc(C(F)(F)F)c1. The molecule has 1 heterocycles. The third-order valence-corrected chi connectivity index (χ3v) is 6.63. The first-order valence-corrected chi connectivity index (χ1v) is 11.1. The maximum Gasteiger partial charge on any atom is 0.416 e. The van der Waals surface area contributed by atoms with Crippen LogP contribution in [0.25, 0.3) is 0 Å². The lowest BCUT2D eigenvalue weighted by Crippen LogP contribution is -2.59. The van der Waals surface area contributed by atoms with Gasteiger partial charge in [-0.1, -0.05) is 48.5 Å². The zero-order chi connectivity index (χ0) is 22.2. The number of likely N-dealkylation sites (N-methyl/N-ethyl adjacent to an activating group) is 1. The van der Waals surface area contributed by atoms with Gasteiger partial charge in [0.1, 0.15) is 0 Å². The van der Waals surface area contributed by atoms with E-state index in [9.17, 15) is 26.1 Å². The van der Waals surface area contributed by atoms with Crippen LogP contribution in [0.5, 0.6) is 0 Å². The maximum absolute atomic E-state index is 13.3. The van der Waals surface area contributed by atoms with Crippen molar-refractivity contribution < 1.29 is 35.4 Å². The van der Waals surface area contributed by atoms with Gasteiger partial charge in [0, 0.05) is 7.11 Å². The van der Waals surface area contributed by atoms with Crippen molar-refractivity contribution >= 4 is 10.1 Å². The Hall–Kier alpha value is -1.94. The van der Waals surface area contributed by atoms with Crippen LogP contribution in [0.4, 0.5) is 13.2 Å². The monoisotopic (exact) mass is 444 g/mol. The molecule has 30 heavy (non-hydrogen) atoms. The number of halogens is 3. The predicted molar refractivity (Wildman–Crippen MR) is 106 cm³/mol. The van der Waals surface area contributed by atoms with E-state index < -0.39 is 39.8 Å². The lowest BCUT2D eigenvalue weighted by atomic mass is 9.77. The molecule has 4 unspecified atom stereocenters. The van der Waals surface area contributed by atoms with Crippen molar-refractivity contribution in [2.75, 3.05) is 33.1 Å². The van der Waals surface area contributed by atoms with E-state index in [4.69, 9.17) is 4.74 Å². The first-order valence-electron chi connectivity index (χ1n) is 9.45. The van der Waals surface area contributed by atoms with Gasteiger partial charge in [-0.15, -0.1) is 0 Å². The predicted octanol–water partition coefficient (Wildman–Crippen LogP) is 3.89. The highest BCUT2D eigenvalue weighted by atomic mass is 32.2. The molecule has 0 amide bonds. The van der Waals surface area contributed by atoms with Crippen LogP contribution in [0.2, 0.25) is 0 Å². The lowest BCUT2D eigenvalue weighted by molar-refractivity contribution is -0.907. The van der Waals surface area contributed by atoms with E-state index in [1.165, 1.54) is 13.2 Å². The molecule has 0 radical (unpaired) electrons. The Morgan fingerprint density at radius 1 is 1.03 bits per heavy atom. The smallest absolute Gasteiger partial charge is 0.380 e. The zero-order valence-electron chi connectivity index (χ0n) is 16.7. The number of nitrogens with zero attached hydrogens (tertiary/aromatic N) is 1. The maximum atomic E-state index is 13.3. The van der Waals surface area contributed by atoms with Crippen LogP contribution in [0.3, 0.4) is 0 Å². The Morgan fingerprint density at radius 3 is 2.13 bits per heavy atom. The summed E-state index contributed by atoms with van der Waals surface area (Å²) < 4.78 is 78.5. The molecule has 1 aliphatic rings. The van der Waals surface area contributed by atoms with Crippen LogP contribution in [-0.4, -0.2) is 56.7 Å². The van der Waals surface area contributed by atoms with Gasteiger partial charge in [0.05, 0.1) is 43.6 Å². The number of ether oxygens (including phenoxy) is 1. The summed E-state index contributed by atoms with van der Waals surface area (Å²) in [5.41, 5.74) is 0.568. The van der Waals surface area contributed by atoms with E-state index in [0.29, 0.717) is 12.1 Å². The average Bonchev–Trinajstić information content (AvgIpc) is 2.66. The molecule has 2 aromatic carbocycles. The topological polar surface area (TPSA) is 63.6 Å². The molecule has 1 saturated heterocycles. The quantitative estimate of drug-likeness (QED) is 0.561. The van der Waals surface area contributed by atoms with Crippen LogP contribution in [0, 0.1) is 0 Å². The minimum atomic E-state index is -4.49. The van der Waals surface area contributed by atoms with Gasteiger partial charge in [-0.05, 0) is 17.2 Å². The molecule has 2 aromatic rings. The van der Waals surface area contributed by atoms with Crippen LogP contribution >= 0.6 is 0 Å². The van der Waals surface area contributed by atoms with Crippen molar-refractivity contribution in [2.45, 2.75) is 24.1 Å². The Bertz CT molecular complexity index is 981. The molecular formula is C21H25F3NO4S+.